The molecule has 0 amide bonds. The van der Waals surface area contributed by atoms with Gasteiger partial charge >= 0.3 is 0 Å². The molecule has 2 aliphatic heterocycles. The second-order valence-electron chi connectivity index (χ2n) is 8.93. The maximum absolute atomic E-state index is 6.38. The Bertz CT molecular complexity index is 975. The Morgan fingerprint density at radius 1 is 0.903 bits per heavy atom. The predicted octanol–water partition coefficient (Wildman–Crippen LogP) is 5.04. The van der Waals surface area contributed by atoms with Gasteiger partial charge in [-0.1, -0.05) is 48.5 Å². The number of nitrogens with one attached hydrogen (secondary N) is 1. The van der Waals surface area contributed by atoms with Crippen LogP contribution in [0.3, 0.4) is 0 Å². The molecule has 2 aliphatic rings. The van der Waals surface area contributed by atoms with E-state index in [4.69, 9.17) is 4.74 Å². The maximum Gasteiger partial charge on any atom is 0.120 e. The van der Waals surface area contributed by atoms with E-state index < -0.39 is 0 Å². The molecular formula is C27H31N3O. The van der Waals surface area contributed by atoms with E-state index in [0.717, 1.165) is 42.9 Å². The second kappa shape index (κ2) is 9.21. The molecule has 2 saturated heterocycles. The van der Waals surface area contributed by atoms with Crippen LogP contribution in [0.15, 0.2) is 72.9 Å². The summed E-state index contributed by atoms with van der Waals surface area (Å²) in [6.07, 6.45) is 7.27. The van der Waals surface area contributed by atoms with Gasteiger partial charge in [0.2, 0.25) is 0 Å². The highest BCUT2D eigenvalue weighted by molar-refractivity contribution is 5.58. The van der Waals surface area contributed by atoms with Crippen molar-refractivity contribution in [2.45, 2.75) is 57.0 Å². The monoisotopic (exact) mass is 413 g/mol. The Balaban J connectivity index is 1.13. The molecule has 3 heterocycles. The molecule has 2 fully saturated rings. The summed E-state index contributed by atoms with van der Waals surface area (Å²) < 4.78 is 6.38. The van der Waals surface area contributed by atoms with Crippen molar-refractivity contribution in [3.63, 3.8) is 0 Å². The highest BCUT2D eigenvalue weighted by Gasteiger charge is 2.39. The number of piperidine rings is 1. The van der Waals surface area contributed by atoms with Gasteiger partial charge < -0.3 is 15.0 Å². The van der Waals surface area contributed by atoms with E-state index in [0.29, 0.717) is 18.2 Å². The number of benzene rings is 2. The third kappa shape index (κ3) is 4.81. The van der Waals surface area contributed by atoms with Gasteiger partial charge in [-0.05, 0) is 62.1 Å². The first-order valence-corrected chi connectivity index (χ1v) is 11.4. The van der Waals surface area contributed by atoms with E-state index in [9.17, 15) is 0 Å². The molecule has 5 rings (SSSR count). The summed E-state index contributed by atoms with van der Waals surface area (Å²) >= 11 is 0. The zero-order valence-electron chi connectivity index (χ0n) is 18.2. The van der Waals surface area contributed by atoms with Gasteiger partial charge in [0.05, 0.1) is 5.69 Å². The smallest absolute Gasteiger partial charge is 0.120 e. The van der Waals surface area contributed by atoms with E-state index in [1.165, 1.54) is 24.0 Å². The lowest BCUT2D eigenvalue weighted by molar-refractivity contribution is 0.0661. The minimum atomic E-state index is 0.353. The number of hydrogen-bond acceptors (Lipinski definition) is 4. The molecule has 160 valence electrons. The molecule has 3 atom stereocenters. The fourth-order valence-corrected chi connectivity index (χ4v) is 5.04. The average molecular weight is 414 g/mol. The van der Waals surface area contributed by atoms with Crippen LogP contribution in [0.1, 0.15) is 36.8 Å². The Morgan fingerprint density at radius 3 is 2.42 bits per heavy atom. The summed E-state index contributed by atoms with van der Waals surface area (Å²) in [4.78, 5) is 7.17. The quantitative estimate of drug-likeness (QED) is 0.589. The Morgan fingerprint density at radius 2 is 1.68 bits per heavy atom. The van der Waals surface area contributed by atoms with E-state index in [-0.39, 0.29) is 0 Å². The topological polar surface area (TPSA) is 37.4 Å². The van der Waals surface area contributed by atoms with Gasteiger partial charge in [0.1, 0.15) is 11.9 Å². The minimum Gasteiger partial charge on any atom is -0.490 e. The molecule has 1 aromatic heterocycles. The van der Waals surface area contributed by atoms with Crippen molar-refractivity contribution in [3.05, 3.63) is 84.1 Å². The molecule has 3 aromatic rings. The number of pyridine rings is 1. The summed E-state index contributed by atoms with van der Waals surface area (Å²) in [6.45, 7) is 1.61. The van der Waals surface area contributed by atoms with Gasteiger partial charge in [-0.25, -0.2) is 0 Å². The van der Waals surface area contributed by atoms with Gasteiger partial charge in [0.25, 0.3) is 0 Å². The first-order chi connectivity index (χ1) is 15.2. The molecule has 4 nitrogen and oxygen atoms in total. The zero-order valence-corrected chi connectivity index (χ0v) is 18.2. The maximum atomic E-state index is 6.38. The number of nitrogens with zero attached hydrogens (tertiary/aromatic N) is 2. The van der Waals surface area contributed by atoms with Crippen LogP contribution >= 0.6 is 0 Å². The predicted molar refractivity (Wildman–Crippen MR) is 125 cm³/mol. The Hall–Kier alpha value is -2.69. The first-order valence-electron chi connectivity index (χ1n) is 11.4. The molecule has 4 heteroatoms. The van der Waals surface area contributed by atoms with E-state index in [1.54, 1.807) is 0 Å². The fourth-order valence-electron chi connectivity index (χ4n) is 5.04. The molecule has 31 heavy (non-hydrogen) atoms. The lowest BCUT2D eigenvalue weighted by atomic mass is 10.0. The van der Waals surface area contributed by atoms with E-state index in [1.807, 2.05) is 24.4 Å². The standard InChI is InChI=1S/C27H31N3O/c1-30-23-11-12-24(30)16-26(15-23)31-25-9-5-6-20(14-25)17-28-18-21-10-13-27(29-19-21)22-7-3-2-4-8-22/h2-10,13-14,19,23-24,26,28H,11-12,15-18H2,1H3/t23-,24+,26-. The van der Waals surface area contributed by atoms with Crippen LogP contribution in [-0.2, 0) is 13.1 Å². The zero-order chi connectivity index (χ0) is 21.0. The first kappa shape index (κ1) is 20.2. The van der Waals surface area contributed by atoms with Crippen LogP contribution in [-0.4, -0.2) is 35.1 Å². The molecule has 1 N–H and O–H groups in total. The van der Waals surface area contributed by atoms with Crippen LogP contribution < -0.4 is 10.1 Å². The van der Waals surface area contributed by atoms with Crippen molar-refractivity contribution < 1.29 is 4.74 Å². The van der Waals surface area contributed by atoms with Crippen molar-refractivity contribution in [2.75, 3.05) is 7.05 Å². The van der Waals surface area contributed by atoms with Gasteiger partial charge in [-0.2, -0.15) is 0 Å². The molecule has 2 aromatic carbocycles. The van der Waals surface area contributed by atoms with E-state index in [2.05, 4.69) is 70.8 Å². The van der Waals surface area contributed by atoms with Gasteiger partial charge in [0.15, 0.2) is 0 Å². The molecule has 0 spiro atoms. The lowest BCUT2D eigenvalue weighted by Gasteiger charge is -2.36. The lowest BCUT2D eigenvalue weighted by Crippen LogP contribution is -2.43. The Labute approximate surface area is 185 Å². The molecule has 0 unspecified atom stereocenters. The summed E-state index contributed by atoms with van der Waals surface area (Å²) in [5, 5.41) is 3.54. The van der Waals surface area contributed by atoms with Crippen molar-refractivity contribution >= 4 is 0 Å². The molecule has 0 aliphatic carbocycles. The van der Waals surface area contributed by atoms with Crippen LogP contribution in [0.5, 0.6) is 5.75 Å². The largest absolute Gasteiger partial charge is 0.490 e. The van der Waals surface area contributed by atoms with Crippen LogP contribution in [0, 0.1) is 0 Å². The second-order valence-corrected chi connectivity index (χ2v) is 8.93. The molecular weight excluding hydrogens is 382 g/mol. The summed E-state index contributed by atoms with van der Waals surface area (Å²) in [6, 6.07) is 24.5. The van der Waals surface area contributed by atoms with E-state index >= 15 is 0 Å². The highest BCUT2D eigenvalue weighted by atomic mass is 16.5. The minimum absolute atomic E-state index is 0.353. The number of fused-ring (bicyclic) bond motifs is 2. The highest BCUT2D eigenvalue weighted by Crippen LogP contribution is 2.36. The van der Waals surface area contributed by atoms with Crippen LogP contribution in [0.2, 0.25) is 0 Å². The Kier molecular flexibility index (Phi) is 6.01. The SMILES string of the molecule is CN1[C@@H]2CC[C@H]1C[C@H](Oc1cccc(CNCc3ccc(-c4ccccc4)nc3)c1)C2. The van der Waals surface area contributed by atoms with Gasteiger partial charge in [0, 0.05) is 36.9 Å². The summed E-state index contributed by atoms with van der Waals surface area (Å²) in [5.74, 6) is 1.00. The van der Waals surface area contributed by atoms with Crippen LogP contribution in [0.4, 0.5) is 0 Å². The van der Waals surface area contributed by atoms with Gasteiger partial charge in [-0.3, -0.25) is 4.98 Å². The van der Waals surface area contributed by atoms with Crippen molar-refractivity contribution in [1.29, 1.82) is 0 Å². The molecule has 0 radical (unpaired) electrons. The third-order valence-corrected chi connectivity index (χ3v) is 6.81. The number of rotatable bonds is 7. The normalized spacial score (nSPS) is 23.1. The number of hydrogen-bond donors (Lipinski definition) is 1. The number of aromatic nitrogens is 1. The third-order valence-electron chi connectivity index (χ3n) is 6.81. The molecule has 0 saturated carbocycles. The van der Waals surface area contributed by atoms with Crippen molar-refractivity contribution in [3.8, 4) is 17.0 Å². The fraction of sp³-hybridized carbons (Fsp3) is 0.370. The summed E-state index contributed by atoms with van der Waals surface area (Å²) in [7, 11) is 2.27. The van der Waals surface area contributed by atoms with Crippen LogP contribution in [0.25, 0.3) is 11.3 Å². The van der Waals surface area contributed by atoms with Gasteiger partial charge in [-0.15, -0.1) is 0 Å². The molecule has 2 bridgehead atoms. The van der Waals surface area contributed by atoms with Crippen molar-refractivity contribution in [2.24, 2.45) is 0 Å². The van der Waals surface area contributed by atoms with Crippen molar-refractivity contribution in [1.82, 2.24) is 15.2 Å². The number of ether oxygens (including phenoxy) is 1. The summed E-state index contributed by atoms with van der Waals surface area (Å²) in [5.41, 5.74) is 4.60. The average Bonchev–Trinajstić information content (AvgIpc) is 3.01.